The minimum Gasteiger partial charge on any atom is -0.391 e. The Morgan fingerprint density at radius 1 is 1.12 bits per heavy atom. The van der Waals surface area contributed by atoms with Gasteiger partial charge in [0.2, 0.25) is 0 Å². The molecule has 0 aliphatic carbocycles. The van der Waals surface area contributed by atoms with E-state index in [1.165, 1.54) is 11.1 Å². The molecule has 0 aliphatic heterocycles. The second kappa shape index (κ2) is 6.02. The average Bonchev–Trinajstić information content (AvgIpc) is 2.16. The lowest BCUT2D eigenvalue weighted by Crippen LogP contribution is -2.27. The van der Waals surface area contributed by atoms with Crippen LogP contribution in [0.5, 0.6) is 0 Å². The van der Waals surface area contributed by atoms with Crippen molar-refractivity contribution in [2.24, 2.45) is 0 Å². The van der Waals surface area contributed by atoms with Crippen LogP contribution in [0, 0.1) is 0 Å². The van der Waals surface area contributed by atoms with Crippen LogP contribution in [0.1, 0.15) is 30.9 Å². The predicted molar refractivity (Wildman–Crippen MR) is 68.8 cm³/mol. The Labute approximate surface area is 98.9 Å². The van der Waals surface area contributed by atoms with Crippen molar-refractivity contribution in [1.29, 1.82) is 0 Å². The highest BCUT2D eigenvalue weighted by Crippen LogP contribution is 2.15. The van der Waals surface area contributed by atoms with Crippen LogP contribution >= 0.6 is 0 Å². The van der Waals surface area contributed by atoms with E-state index in [-0.39, 0.29) is 6.10 Å². The first-order chi connectivity index (χ1) is 7.49. The van der Waals surface area contributed by atoms with Crippen LogP contribution in [0.3, 0.4) is 0 Å². The molecule has 90 valence electrons. The third kappa shape index (κ3) is 4.33. The first kappa shape index (κ1) is 13.2. The van der Waals surface area contributed by atoms with Gasteiger partial charge < -0.3 is 10.0 Å². The lowest BCUT2D eigenvalue weighted by molar-refractivity contribution is 0.137. The molecule has 0 spiro atoms. The number of aliphatic hydroxyl groups excluding tert-OH is 1. The average molecular weight is 221 g/mol. The SMILES string of the molecule is CC(C)c1ccc(CC(O)CN(C)C)cc1. The zero-order valence-electron chi connectivity index (χ0n) is 10.8. The van der Waals surface area contributed by atoms with Crippen molar-refractivity contribution in [2.75, 3.05) is 20.6 Å². The molecule has 0 saturated carbocycles. The molecule has 0 radical (unpaired) electrons. The van der Waals surface area contributed by atoms with Crippen LogP contribution in [-0.4, -0.2) is 36.8 Å². The second-order valence-corrected chi connectivity index (χ2v) is 5.02. The fraction of sp³-hybridized carbons (Fsp3) is 0.571. The summed E-state index contributed by atoms with van der Waals surface area (Å²) < 4.78 is 0. The van der Waals surface area contributed by atoms with Crippen molar-refractivity contribution in [3.8, 4) is 0 Å². The Morgan fingerprint density at radius 3 is 2.12 bits per heavy atom. The molecule has 0 bridgehead atoms. The molecular formula is C14H23NO. The van der Waals surface area contributed by atoms with Crippen molar-refractivity contribution in [3.05, 3.63) is 35.4 Å². The Balaban J connectivity index is 2.55. The molecule has 1 unspecified atom stereocenters. The van der Waals surface area contributed by atoms with Gasteiger partial charge in [0.15, 0.2) is 0 Å². The Bertz CT molecular complexity index is 303. The summed E-state index contributed by atoms with van der Waals surface area (Å²) in [6, 6.07) is 8.55. The quantitative estimate of drug-likeness (QED) is 0.824. The minimum absolute atomic E-state index is 0.278. The van der Waals surface area contributed by atoms with Gasteiger partial charge in [-0.05, 0) is 37.6 Å². The molecule has 1 N–H and O–H groups in total. The molecule has 0 aliphatic rings. The van der Waals surface area contributed by atoms with Gasteiger partial charge in [0, 0.05) is 6.54 Å². The van der Waals surface area contributed by atoms with Crippen molar-refractivity contribution in [2.45, 2.75) is 32.3 Å². The summed E-state index contributed by atoms with van der Waals surface area (Å²) in [7, 11) is 3.95. The molecule has 1 rings (SSSR count). The number of nitrogens with zero attached hydrogens (tertiary/aromatic N) is 1. The largest absolute Gasteiger partial charge is 0.391 e. The van der Waals surface area contributed by atoms with Crippen molar-refractivity contribution in [3.63, 3.8) is 0 Å². The van der Waals surface area contributed by atoms with Gasteiger partial charge in [0.05, 0.1) is 6.10 Å². The van der Waals surface area contributed by atoms with Gasteiger partial charge >= 0.3 is 0 Å². The number of likely N-dealkylation sites (N-methyl/N-ethyl adjacent to an activating group) is 1. The predicted octanol–water partition coefficient (Wildman–Crippen LogP) is 2.28. The van der Waals surface area contributed by atoms with Crippen molar-refractivity contribution >= 4 is 0 Å². The molecule has 1 aromatic carbocycles. The van der Waals surface area contributed by atoms with Crippen molar-refractivity contribution in [1.82, 2.24) is 4.90 Å². The molecule has 2 heteroatoms. The molecule has 0 saturated heterocycles. The molecule has 1 atom stereocenters. The topological polar surface area (TPSA) is 23.5 Å². The van der Waals surface area contributed by atoms with E-state index in [9.17, 15) is 5.11 Å². The third-order valence-electron chi connectivity index (χ3n) is 2.69. The van der Waals surface area contributed by atoms with Gasteiger partial charge in [-0.2, -0.15) is 0 Å². The maximum absolute atomic E-state index is 9.81. The van der Waals surface area contributed by atoms with Crippen LogP contribution in [-0.2, 0) is 6.42 Å². The normalized spacial score (nSPS) is 13.4. The van der Waals surface area contributed by atoms with Crippen LogP contribution in [0.4, 0.5) is 0 Å². The van der Waals surface area contributed by atoms with E-state index in [0.29, 0.717) is 12.5 Å². The van der Waals surface area contributed by atoms with Crippen LogP contribution in [0.2, 0.25) is 0 Å². The number of rotatable bonds is 5. The van der Waals surface area contributed by atoms with E-state index in [0.717, 1.165) is 6.42 Å². The summed E-state index contributed by atoms with van der Waals surface area (Å²) in [6.07, 6.45) is 0.455. The number of hydrogen-bond acceptors (Lipinski definition) is 2. The number of benzene rings is 1. The number of hydrogen-bond donors (Lipinski definition) is 1. The number of aliphatic hydroxyl groups is 1. The molecule has 0 fully saturated rings. The lowest BCUT2D eigenvalue weighted by atomic mass is 10.00. The van der Waals surface area contributed by atoms with Crippen LogP contribution in [0.25, 0.3) is 0 Å². The third-order valence-corrected chi connectivity index (χ3v) is 2.69. The van der Waals surface area contributed by atoms with E-state index in [4.69, 9.17) is 0 Å². The Kier molecular flexibility index (Phi) is 4.97. The summed E-state index contributed by atoms with van der Waals surface area (Å²) >= 11 is 0. The summed E-state index contributed by atoms with van der Waals surface area (Å²) in [4.78, 5) is 2.01. The fourth-order valence-corrected chi connectivity index (χ4v) is 1.80. The zero-order chi connectivity index (χ0) is 12.1. The zero-order valence-corrected chi connectivity index (χ0v) is 10.8. The summed E-state index contributed by atoms with van der Waals surface area (Å²) in [5.41, 5.74) is 2.56. The molecule has 0 aromatic heterocycles. The van der Waals surface area contributed by atoms with E-state index in [1.54, 1.807) is 0 Å². The van der Waals surface area contributed by atoms with Gasteiger partial charge in [0.1, 0.15) is 0 Å². The van der Waals surface area contributed by atoms with Gasteiger partial charge in [-0.15, -0.1) is 0 Å². The Hall–Kier alpha value is -0.860. The first-order valence-corrected chi connectivity index (χ1v) is 5.90. The van der Waals surface area contributed by atoms with Crippen molar-refractivity contribution < 1.29 is 5.11 Å². The second-order valence-electron chi connectivity index (χ2n) is 5.02. The molecular weight excluding hydrogens is 198 g/mol. The molecule has 0 heterocycles. The van der Waals surface area contributed by atoms with E-state index >= 15 is 0 Å². The summed E-state index contributed by atoms with van der Waals surface area (Å²) in [6.45, 7) is 5.09. The highest BCUT2D eigenvalue weighted by molar-refractivity contribution is 5.25. The monoisotopic (exact) mass is 221 g/mol. The summed E-state index contributed by atoms with van der Waals surface area (Å²) in [5, 5.41) is 9.81. The smallest absolute Gasteiger partial charge is 0.0707 e. The molecule has 16 heavy (non-hydrogen) atoms. The van der Waals surface area contributed by atoms with Crippen LogP contribution < -0.4 is 0 Å². The van der Waals surface area contributed by atoms with Crippen LogP contribution in [0.15, 0.2) is 24.3 Å². The van der Waals surface area contributed by atoms with Gasteiger partial charge in [-0.25, -0.2) is 0 Å². The van der Waals surface area contributed by atoms with Gasteiger partial charge in [0.25, 0.3) is 0 Å². The van der Waals surface area contributed by atoms with Gasteiger partial charge in [-0.1, -0.05) is 38.1 Å². The minimum atomic E-state index is -0.278. The first-order valence-electron chi connectivity index (χ1n) is 5.90. The molecule has 2 nitrogen and oxygen atoms in total. The highest BCUT2D eigenvalue weighted by atomic mass is 16.3. The standard InChI is InChI=1S/C14H23NO/c1-11(2)13-7-5-12(6-8-13)9-14(16)10-15(3)4/h5-8,11,14,16H,9-10H2,1-4H3. The maximum atomic E-state index is 9.81. The highest BCUT2D eigenvalue weighted by Gasteiger charge is 2.07. The molecule has 0 amide bonds. The van der Waals surface area contributed by atoms with Gasteiger partial charge in [-0.3, -0.25) is 0 Å². The fourth-order valence-electron chi connectivity index (χ4n) is 1.80. The lowest BCUT2D eigenvalue weighted by Gasteiger charge is -2.16. The maximum Gasteiger partial charge on any atom is 0.0707 e. The Morgan fingerprint density at radius 2 is 1.69 bits per heavy atom. The van der Waals surface area contributed by atoms with E-state index in [1.807, 2.05) is 19.0 Å². The van der Waals surface area contributed by atoms with E-state index < -0.39 is 0 Å². The molecule has 1 aromatic rings. The summed E-state index contributed by atoms with van der Waals surface area (Å²) in [5.74, 6) is 0.570. The van der Waals surface area contributed by atoms with E-state index in [2.05, 4.69) is 38.1 Å².